The number of halogens is 1. The highest BCUT2D eigenvalue weighted by atomic mass is 79.9. The van der Waals surface area contributed by atoms with Crippen molar-refractivity contribution in [2.24, 2.45) is 5.41 Å². The maximum atomic E-state index is 11.6. The number of benzene rings is 1. The summed E-state index contributed by atoms with van der Waals surface area (Å²) in [6.07, 6.45) is 11.4. The van der Waals surface area contributed by atoms with Gasteiger partial charge >= 0.3 is 12.1 Å². The van der Waals surface area contributed by atoms with Crippen molar-refractivity contribution in [1.82, 2.24) is 14.7 Å². The van der Waals surface area contributed by atoms with E-state index in [9.17, 15) is 14.7 Å². The molecule has 1 fully saturated rings. The molecule has 1 aliphatic rings. The van der Waals surface area contributed by atoms with Crippen LogP contribution in [0.2, 0.25) is 0 Å². The molecule has 2 atom stereocenters. The molecule has 1 aromatic carbocycles. The van der Waals surface area contributed by atoms with Crippen LogP contribution >= 0.6 is 15.9 Å². The van der Waals surface area contributed by atoms with E-state index in [-0.39, 0.29) is 17.5 Å². The third-order valence-electron chi connectivity index (χ3n) is 6.98. The fourth-order valence-electron chi connectivity index (χ4n) is 4.86. The number of carboxylic acid groups (broad SMARTS) is 2. The lowest BCUT2D eigenvalue weighted by molar-refractivity contribution is -0.137. The Morgan fingerprint density at radius 3 is 2.32 bits per heavy atom. The van der Waals surface area contributed by atoms with E-state index in [2.05, 4.69) is 43.6 Å². The number of aliphatic carboxylic acids is 1. The molecule has 2 N–H and O–H groups in total. The number of carboxylic acids is 1. The minimum absolute atomic E-state index is 0.0302. The number of hydrogen-bond acceptors (Lipinski definition) is 4. The lowest BCUT2D eigenvalue weighted by atomic mass is 9.79. The first-order valence-corrected chi connectivity index (χ1v) is 14.2. The SMILES string of the molecule is CCCCCCCCCC(=O)O.COc1cc2nn(C3CCN(C(=O)O)C(C(C)(C)C)C3)cc2cc1Br. The zero-order valence-electron chi connectivity index (χ0n) is 23.0. The molecule has 9 heteroatoms. The Labute approximate surface area is 229 Å². The Kier molecular flexibility index (Phi) is 12.2. The average Bonchev–Trinajstić information content (AvgIpc) is 3.25. The Bertz CT molecular complexity index is 1020. The van der Waals surface area contributed by atoms with Gasteiger partial charge in [-0.1, -0.05) is 66.2 Å². The standard InChI is InChI=1S/C18H24BrN3O3.C10H20O2/c1-18(2,3)16-8-12(5-6-21(16)17(23)24)22-10-11-7-13(19)15(25-4)9-14(11)20-22;1-2-3-4-5-6-7-8-9-10(11)12/h7,9-10,12,16H,5-6,8H2,1-4H3,(H,23,24);2-9H2,1H3,(H,11,12). The Balaban J connectivity index is 0.000000341. The molecule has 2 aromatic rings. The highest BCUT2D eigenvalue weighted by molar-refractivity contribution is 9.10. The minimum atomic E-state index is -0.835. The van der Waals surface area contributed by atoms with Crippen LogP contribution < -0.4 is 4.74 Å². The van der Waals surface area contributed by atoms with Gasteiger partial charge in [0.2, 0.25) is 0 Å². The van der Waals surface area contributed by atoms with Gasteiger partial charge in [-0.05, 0) is 46.7 Å². The topological polar surface area (TPSA) is 105 Å². The molecule has 0 aliphatic carbocycles. The van der Waals surface area contributed by atoms with Gasteiger partial charge in [0.15, 0.2) is 0 Å². The Morgan fingerprint density at radius 2 is 1.76 bits per heavy atom. The molecule has 208 valence electrons. The van der Waals surface area contributed by atoms with E-state index in [1.54, 1.807) is 12.0 Å². The molecule has 0 radical (unpaired) electrons. The fourth-order valence-corrected chi connectivity index (χ4v) is 5.38. The molecule has 0 bridgehead atoms. The number of amides is 1. The largest absolute Gasteiger partial charge is 0.495 e. The molecule has 1 aliphatic heterocycles. The third-order valence-corrected chi connectivity index (χ3v) is 7.60. The van der Waals surface area contributed by atoms with Gasteiger partial charge in [0.1, 0.15) is 5.75 Å². The number of carbonyl (C=O) groups is 2. The number of aromatic nitrogens is 2. The van der Waals surface area contributed by atoms with Gasteiger partial charge in [0.05, 0.1) is 23.1 Å². The summed E-state index contributed by atoms with van der Waals surface area (Å²) in [5, 5.41) is 23.6. The van der Waals surface area contributed by atoms with Crippen molar-refractivity contribution in [2.75, 3.05) is 13.7 Å². The van der Waals surface area contributed by atoms with E-state index in [0.29, 0.717) is 13.0 Å². The molecule has 8 nitrogen and oxygen atoms in total. The fraction of sp³-hybridized carbons (Fsp3) is 0.679. The normalized spacial score (nSPS) is 17.8. The first kappa shape index (κ1) is 30.9. The first-order chi connectivity index (χ1) is 17.5. The molecule has 1 saturated heterocycles. The summed E-state index contributed by atoms with van der Waals surface area (Å²) < 4.78 is 8.23. The van der Waals surface area contributed by atoms with Crippen LogP contribution in [0.5, 0.6) is 5.75 Å². The van der Waals surface area contributed by atoms with Crippen molar-refractivity contribution in [2.45, 2.75) is 104 Å². The van der Waals surface area contributed by atoms with Gasteiger partial charge in [-0.25, -0.2) is 4.79 Å². The molecule has 37 heavy (non-hydrogen) atoms. The minimum Gasteiger partial charge on any atom is -0.495 e. The predicted octanol–water partition coefficient (Wildman–Crippen LogP) is 7.75. The number of piperidine rings is 1. The van der Waals surface area contributed by atoms with E-state index in [4.69, 9.17) is 14.9 Å². The van der Waals surface area contributed by atoms with Gasteiger partial charge in [-0.2, -0.15) is 5.10 Å². The maximum absolute atomic E-state index is 11.6. The van der Waals surface area contributed by atoms with Crippen LogP contribution in [0.3, 0.4) is 0 Å². The van der Waals surface area contributed by atoms with Crippen molar-refractivity contribution >= 4 is 38.9 Å². The van der Waals surface area contributed by atoms with Crippen LogP contribution in [0.4, 0.5) is 4.79 Å². The Hall–Kier alpha value is -2.29. The zero-order chi connectivity index (χ0) is 27.6. The van der Waals surface area contributed by atoms with Crippen LogP contribution in [0.25, 0.3) is 10.9 Å². The average molecular weight is 583 g/mol. The lowest BCUT2D eigenvalue weighted by Gasteiger charge is -2.44. The van der Waals surface area contributed by atoms with Gasteiger partial charge < -0.3 is 19.8 Å². The smallest absolute Gasteiger partial charge is 0.407 e. The van der Waals surface area contributed by atoms with Crippen LogP contribution in [-0.4, -0.2) is 56.7 Å². The van der Waals surface area contributed by atoms with E-state index >= 15 is 0 Å². The van der Waals surface area contributed by atoms with Gasteiger partial charge in [0.25, 0.3) is 0 Å². The molecule has 0 spiro atoms. The quantitative estimate of drug-likeness (QED) is 0.278. The van der Waals surface area contributed by atoms with Crippen LogP contribution in [0.15, 0.2) is 22.8 Å². The number of nitrogens with zero attached hydrogens (tertiary/aromatic N) is 3. The van der Waals surface area contributed by atoms with E-state index in [1.807, 2.05) is 23.0 Å². The van der Waals surface area contributed by atoms with Crippen LogP contribution in [0, 0.1) is 5.41 Å². The molecule has 3 rings (SSSR count). The zero-order valence-corrected chi connectivity index (χ0v) is 24.6. The first-order valence-electron chi connectivity index (χ1n) is 13.4. The summed E-state index contributed by atoms with van der Waals surface area (Å²) >= 11 is 3.51. The molecule has 2 unspecified atom stereocenters. The predicted molar refractivity (Wildman–Crippen MR) is 150 cm³/mol. The molecule has 2 heterocycles. The molecular formula is C28H44BrN3O5. The maximum Gasteiger partial charge on any atom is 0.407 e. The number of unbranched alkanes of at least 4 members (excludes halogenated alkanes) is 6. The van der Waals surface area contributed by atoms with Gasteiger partial charge in [-0.3, -0.25) is 9.48 Å². The number of likely N-dealkylation sites (tertiary alicyclic amines) is 1. The monoisotopic (exact) mass is 581 g/mol. The van der Waals surface area contributed by atoms with Crippen LogP contribution in [0.1, 0.15) is 97.9 Å². The number of fused-ring (bicyclic) bond motifs is 1. The summed E-state index contributed by atoms with van der Waals surface area (Å²) in [4.78, 5) is 23.3. The number of ether oxygens (including phenoxy) is 1. The number of rotatable bonds is 10. The number of hydrogen-bond donors (Lipinski definition) is 2. The summed E-state index contributed by atoms with van der Waals surface area (Å²) in [5.41, 5.74) is 0.767. The second-order valence-corrected chi connectivity index (χ2v) is 11.8. The van der Waals surface area contributed by atoms with E-state index in [1.165, 1.54) is 32.1 Å². The highest BCUT2D eigenvalue weighted by Gasteiger charge is 2.39. The molecule has 1 amide bonds. The summed E-state index contributed by atoms with van der Waals surface area (Å²) in [5.74, 6) is 0.0922. The van der Waals surface area contributed by atoms with Crippen molar-refractivity contribution < 1.29 is 24.5 Å². The molecular weight excluding hydrogens is 538 g/mol. The lowest BCUT2D eigenvalue weighted by Crippen LogP contribution is -2.51. The van der Waals surface area contributed by atoms with Crippen molar-refractivity contribution in [3.05, 3.63) is 22.8 Å². The number of methoxy groups -OCH3 is 1. The molecule has 1 aromatic heterocycles. The second kappa shape index (κ2) is 14.6. The molecule has 0 saturated carbocycles. The third kappa shape index (κ3) is 9.51. The van der Waals surface area contributed by atoms with Crippen molar-refractivity contribution in [3.63, 3.8) is 0 Å². The second-order valence-electron chi connectivity index (χ2n) is 11.0. The highest BCUT2D eigenvalue weighted by Crippen LogP contribution is 2.37. The Morgan fingerprint density at radius 1 is 1.11 bits per heavy atom. The van der Waals surface area contributed by atoms with Gasteiger partial charge in [-0.15, -0.1) is 0 Å². The van der Waals surface area contributed by atoms with Crippen molar-refractivity contribution in [3.8, 4) is 5.75 Å². The summed E-state index contributed by atoms with van der Waals surface area (Å²) in [6, 6.07) is 4.09. The van der Waals surface area contributed by atoms with E-state index in [0.717, 1.165) is 46.8 Å². The van der Waals surface area contributed by atoms with Gasteiger partial charge in [0, 0.05) is 36.7 Å². The van der Waals surface area contributed by atoms with Crippen LogP contribution in [-0.2, 0) is 4.79 Å². The summed E-state index contributed by atoms with van der Waals surface area (Å²) in [7, 11) is 1.64. The summed E-state index contributed by atoms with van der Waals surface area (Å²) in [6.45, 7) is 9.02. The van der Waals surface area contributed by atoms with Crippen molar-refractivity contribution in [1.29, 1.82) is 0 Å². The van der Waals surface area contributed by atoms with E-state index < -0.39 is 12.1 Å².